The van der Waals surface area contributed by atoms with Crippen LogP contribution in [-0.2, 0) is 11.3 Å². The zero-order valence-corrected chi connectivity index (χ0v) is 8.55. The molecule has 0 aromatic heterocycles. The van der Waals surface area contributed by atoms with E-state index in [1.807, 2.05) is 0 Å². The molecule has 1 aromatic carbocycles. The van der Waals surface area contributed by atoms with Crippen LogP contribution in [0.5, 0.6) is 0 Å². The van der Waals surface area contributed by atoms with Crippen molar-refractivity contribution in [3.05, 3.63) is 35.4 Å². The number of ether oxygens (including phenoxy) is 1. The molecule has 1 amide bonds. The van der Waals surface area contributed by atoms with Crippen LogP contribution in [-0.4, -0.2) is 35.2 Å². The van der Waals surface area contributed by atoms with Crippen LogP contribution in [0, 0.1) is 0 Å². The summed E-state index contributed by atoms with van der Waals surface area (Å²) in [6.07, 6.45) is -0.317. The minimum atomic E-state index is -0.952. The van der Waals surface area contributed by atoms with Gasteiger partial charge in [-0.1, -0.05) is 12.1 Å². The van der Waals surface area contributed by atoms with Crippen molar-refractivity contribution in [2.75, 3.05) is 13.2 Å². The number of amides is 1. The molecule has 16 heavy (non-hydrogen) atoms. The molecule has 0 aliphatic carbocycles. The van der Waals surface area contributed by atoms with E-state index in [2.05, 4.69) is 0 Å². The Labute approximate surface area is 92.2 Å². The third-order valence-corrected chi connectivity index (χ3v) is 2.42. The van der Waals surface area contributed by atoms with Gasteiger partial charge in [0, 0.05) is 6.54 Å². The number of carbonyl (C=O) groups excluding carboxylic acids is 1. The van der Waals surface area contributed by atoms with Crippen molar-refractivity contribution in [1.82, 2.24) is 4.90 Å². The monoisotopic (exact) mass is 221 g/mol. The third-order valence-electron chi connectivity index (χ3n) is 2.42. The second-order valence-electron chi connectivity index (χ2n) is 3.54. The van der Waals surface area contributed by atoms with Crippen LogP contribution in [0.15, 0.2) is 24.3 Å². The second-order valence-corrected chi connectivity index (χ2v) is 3.54. The van der Waals surface area contributed by atoms with E-state index in [9.17, 15) is 9.59 Å². The lowest BCUT2D eigenvalue weighted by molar-refractivity contribution is 0.0696. The first-order valence-electron chi connectivity index (χ1n) is 4.91. The Hall–Kier alpha value is -2.04. The average Bonchev–Trinajstić information content (AvgIpc) is 2.65. The highest BCUT2D eigenvalue weighted by Crippen LogP contribution is 2.11. The molecule has 0 unspecified atom stereocenters. The molecule has 1 aliphatic rings. The van der Waals surface area contributed by atoms with E-state index in [0.29, 0.717) is 19.7 Å². The summed E-state index contributed by atoms with van der Waals surface area (Å²) in [5.41, 5.74) is 1.14. The number of carboxylic acids is 1. The fraction of sp³-hybridized carbons (Fsp3) is 0.273. The predicted molar refractivity (Wildman–Crippen MR) is 55.2 cm³/mol. The zero-order valence-electron chi connectivity index (χ0n) is 8.55. The van der Waals surface area contributed by atoms with Crippen molar-refractivity contribution in [2.45, 2.75) is 6.54 Å². The number of hydrogen-bond donors (Lipinski definition) is 1. The molecule has 5 heteroatoms. The number of benzene rings is 1. The van der Waals surface area contributed by atoms with Crippen molar-refractivity contribution in [3.8, 4) is 0 Å². The number of carboxylic acid groups (broad SMARTS) is 1. The van der Waals surface area contributed by atoms with Crippen LogP contribution in [0.3, 0.4) is 0 Å². The first-order valence-corrected chi connectivity index (χ1v) is 4.91. The first kappa shape index (κ1) is 10.5. The van der Waals surface area contributed by atoms with Crippen LogP contribution in [0.4, 0.5) is 4.79 Å². The largest absolute Gasteiger partial charge is 0.478 e. The molecule has 2 rings (SSSR count). The molecule has 0 bridgehead atoms. The Bertz CT molecular complexity index is 412. The smallest absolute Gasteiger partial charge is 0.410 e. The third kappa shape index (κ3) is 2.13. The van der Waals surface area contributed by atoms with Crippen molar-refractivity contribution in [3.63, 3.8) is 0 Å². The van der Waals surface area contributed by atoms with Crippen LogP contribution >= 0.6 is 0 Å². The summed E-state index contributed by atoms with van der Waals surface area (Å²) in [7, 11) is 0. The van der Waals surface area contributed by atoms with Crippen LogP contribution in [0.25, 0.3) is 0 Å². The fourth-order valence-corrected chi connectivity index (χ4v) is 1.54. The number of carbonyl (C=O) groups is 2. The number of aromatic carboxylic acids is 1. The van der Waals surface area contributed by atoms with Crippen molar-refractivity contribution in [2.24, 2.45) is 0 Å². The van der Waals surface area contributed by atoms with E-state index < -0.39 is 5.97 Å². The molecule has 1 heterocycles. The fourth-order valence-electron chi connectivity index (χ4n) is 1.54. The molecule has 1 N–H and O–H groups in total. The topological polar surface area (TPSA) is 66.8 Å². The highest BCUT2D eigenvalue weighted by Gasteiger charge is 2.21. The minimum Gasteiger partial charge on any atom is -0.478 e. The van der Waals surface area contributed by atoms with Crippen molar-refractivity contribution in [1.29, 1.82) is 0 Å². The van der Waals surface area contributed by atoms with Gasteiger partial charge in [-0.05, 0) is 17.7 Å². The summed E-state index contributed by atoms with van der Waals surface area (Å²) in [5, 5.41) is 8.72. The molecule has 1 saturated heterocycles. The number of hydrogen-bond acceptors (Lipinski definition) is 3. The molecule has 0 spiro atoms. The molecule has 0 saturated carbocycles. The maximum absolute atomic E-state index is 11.2. The molecule has 5 nitrogen and oxygen atoms in total. The van der Waals surface area contributed by atoms with Crippen molar-refractivity contribution < 1.29 is 19.4 Å². The predicted octanol–water partition coefficient (Wildman–Crippen LogP) is 1.34. The molecule has 84 valence electrons. The molecular weight excluding hydrogens is 210 g/mol. The molecule has 1 aromatic rings. The van der Waals surface area contributed by atoms with Gasteiger partial charge >= 0.3 is 12.1 Å². The van der Waals surface area contributed by atoms with Gasteiger partial charge in [0.1, 0.15) is 6.61 Å². The maximum Gasteiger partial charge on any atom is 0.410 e. The summed E-state index contributed by atoms with van der Waals surface area (Å²) in [6.45, 7) is 1.46. The van der Waals surface area contributed by atoms with Gasteiger partial charge in [0.25, 0.3) is 0 Å². The van der Waals surface area contributed by atoms with Gasteiger partial charge in [-0.2, -0.15) is 0 Å². The normalized spacial score (nSPS) is 15.0. The molecular formula is C11H11NO4. The lowest BCUT2D eigenvalue weighted by Gasteiger charge is -2.12. The zero-order chi connectivity index (χ0) is 11.5. The Morgan fingerprint density at radius 1 is 1.38 bits per heavy atom. The van der Waals surface area contributed by atoms with Gasteiger partial charge in [0.2, 0.25) is 0 Å². The van der Waals surface area contributed by atoms with E-state index in [0.717, 1.165) is 5.56 Å². The molecule has 1 fully saturated rings. The van der Waals surface area contributed by atoms with E-state index in [1.54, 1.807) is 17.0 Å². The summed E-state index contributed by atoms with van der Waals surface area (Å²) in [6, 6.07) is 6.46. The maximum atomic E-state index is 11.2. The molecule has 0 radical (unpaired) electrons. The number of cyclic esters (lactones) is 1. The highest BCUT2D eigenvalue weighted by molar-refractivity contribution is 5.87. The highest BCUT2D eigenvalue weighted by atomic mass is 16.6. The SMILES string of the molecule is O=C(O)c1ccc(CN2CCOC2=O)cc1. The van der Waals surface area contributed by atoms with E-state index in [1.165, 1.54) is 12.1 Å². The minimum absolute atomic E-state index is 0.243. The van der Waals surface area contributed by atoms with Crippen LogP contribution in [0.1, 0.15) is 15.9 Å². The standard InChI is InChI=1S/C11H11NO4/c13-10(14)9-3-1-8(2-4-9)7-12-5-6-16-11(12)15/h1-4H,5-7H2,(H,13,14). The van der Waals surface area contributed by atoms with E-state index in [-0.39, 0.29) is 11.7 Å². The van der Waals surface area contributed by atoms with Gasteiger partial charge in [0.05, 0.1) is 12.1 Å². The van der Waals surface area contributed by atoms with Gasteiger partial charge < -0.3 is 14.7 Å². The second kappa shape index (κ2) is 4.22. The van der Waals surface area contributed by atoms with Gasteiger partial charge in [-0.3, -0.25) is 0 Å². The lowest BCUT2D eigenvalue weighted by atomic mass is 10.1. The van der Waals surface area contributed by atoms with E-state index >= 15 is 0 Å². The van der Waals surface area contributed by atoms with Gasteiger partial charge in [0.15, 0.2) is 0 Å². The lowest BCUT2D eigenvalue weighted by Crippen LogP contribution is -2.23. The number of nitrogens with zero attached hydrogens (tertiary/aromatic N) is 1. The summed E-state index contributed by atoms with van der Waals surface area (Å²) in [5.74, 6) is -0.952. The van der Waals surface area contributed by atoms with Crippen molar-refractivity contribution >= 4 is 12.1 Å². The quantitative estimate of drug-likeness (QED) is 0.836. The van der Waals surface area contributed by atoms with Crippen LogP contribution in [0.2, 0.25) is 0 Å². The average molecular weight is 221 g/mol. The summed E-state index contributed by atoms with van der Waals surface area (Å²) in [4.78, 5) is 23.4. The van der Waals surface area contributed by atoms with Gasteiger partial charge in [-0.25, -0.2) is 9.59 Å². The Kier molecular flexibility index (Phi) is 2.76. The summed E-state index contributed by atoms with van der Waals surface area (Å²) >= 11 is 0. The number of rotatable bonds is 3. The Balaban J connectivity index is 2.05. The Morgan fingerprint density at radius 2 is 2.06 bits per heavy atom. The van der Waals surface area contributed by atoms with E-state index in [4.69, 9.17) is 9.84 Å². The molecule has 1 aliphatic heterocycles. The summed E-state index contributed by atoms with van der Waals surface area (Å²) < 4.78 is 4.79. The van der Waals surface area contributed by atoms with Gasteiger partial charge in [-0.15, -0.1) is 0 Å². The molecule has 0 atom stereocenters. The Morgan fingerprint density at radius 3 is 2.56 bits per heavy atom. The van der Waals surface area contributed by atoms with Crippen LogP contribution < -0.4 is 0 Å². The first-order chi connectivity index (χ1) is 7.66.